The van der Waals surface area contributed by atoms with Gasteiger partial charge in [0, 0.05) is 97.6 Å². The smallest absolute Gasteiger partial charge is 0.262 e. The van der Waals surface area contributed by atoms with Gasteiger partial charge in [0.2, 0.25) is 11.8 Å². The second-order valence-corrected chi connectivity index (χ2v) is 14.5. The van der Waals surface area contributed by atoms with E-state index in [0.29, 0.717) is 52.0 Å². The quantitative estimate of drug-likeness (QED) is 0.134. The first-order valence-electron chi connectivity index (χ1n) is 18.0. The second kappa shape index (κ2) is 16.1. The van der Waals surface area contributed by atoms with E-state index in [2.05, 4.69) is 27.5 Å². The number of carbonyl (C=O) groups excluding carboxylic acids is 1. The van der Waals surface area contributed by atoms with Crippen LogP contribution in [-0.4, -0.2) is 64.0 Å². The summed E-state index contributed by atoms with van der Waals surface area (Å²) < 4.78 is 7.25. The van der Waals surface area contributed by atoms with Crippen molar-refractivity contribution in [3.05, 3.63) is 117 Å². The van der Waals surface area contributed by atoms with Crippen molar-refractivity contribution in [2.45, 2.75) is 57.8 Å². The average Bonchev–Trinajstić information content (AvgIpc) is 3.59. The van der Waals surface area contributed by atoms with Crippen LogP contribution in [0, 0.1) is 0 Å². The van der Waals surface area contributed by atoms with E-state index in [-0.39, 0.29) is 17.5 Å². The van der Waals surface area contributed by atoms with Crippen LogP contribution in [-0.2, 0) is 17.9 Å². The number of fused-ring (bicyclic) bond motifs is 1. The molecule has 0 bridgehead atoms. The number of allylic oxidation sites excluding steroid dienone is 1. The number of benzene rings is 2. The predicted molar refractivity (Wildman–Crippen MR) is 211 cm³/mol. The van der Waals surface area contributed by atoms with Gasteiger partial charge in [0.05, 0.1) is 28.4 Å². The third kappa shape index (κ3) is 7.96. The number of aromatic nitrogens is 3. The summed E-state index contributed by atoms with van der Waals surface area (Å²) in [7, 11) is 1.63. The van der Waals surface area contributed by atoms with E-state index in [0.717, 1.165) is 84.4 Å². The number of hydrogen-bond acceptors (Lipinski definition) is 8. The molecule has 3 N–H and O–H groups in total. The van der Waals surface area contributed by atoms with Gasteiger partial charge in [-0.1, -0.05) is 72.2 Å². The molecular formula is C41H43Cl2N7O3. The maximum absolute atomic E-state index is 13.4. The summed E-state index contributed by atoms with van der Waals surface area (Å²) in [6.07, 6.45) is 7.18. The van der Waals surface area contributed by atoms with Crippen LogP contribution in [0.5, 0.6) is 5.88 Å². The van der Waals surface area contributed by atoms with Crippen molar-refractivity contribution >= 4 is 34.8 Å². The molecule has 12 heteroatoms. The number of hydrogen-bond donors (Lipinski definition) is 3. The van der Waals surface area contributed by atoms with E-state index in [1.807, 2.05) is 65.6 Å². The Morgan fingerprint density at radius 2 is 1.68 bits per heavy atom. The molecule has 1 unspecified atom stereocenters. The number of pyridine rings is 2. The van der Waals surface area contributed by atoms with E-state index < -0.39 is 0 Å². The maximum Gasteiger partial charge on any atom is 0.262 e. The lowest BCUT2D eigenvalue weighted by molar-refractivity contribution is -0.129. The van der Waals surface area contributed by atoms with Crippen molar-refractivity contribution in [3.8, 4) is 39.4 Å². The predicted octanol–water partition coefficient (Wildman–Crippen LogP) is 6.86. The summed E-state index contributed by atoms with van der Waals surface area (Å²) in [5.74, 6) is 0.643. The number of halogens is 2. The van der Waals surface area contributed by atoms with Crippen molar-refractivity contribution in [3.63, 3.8) is 0 Å². The first-order valence-corrected chi connectivity index (χ1v) is 18.7. The normalized spacial score (nSPS) is 16.3. The third-order valence-corrected chi connectivity index (χ3v) is 11.0. The molecule has 2 aromatic carbocycles. The second-order valence-electron chi connectivity index (χ2n) is 13.7. The lowest BCUT2D eigenvalue weighted by atomic mass is 9.97. The number of rotatable bonds is 11. The molecule has 0 saturated carbocycles. The zero-order chi connectivity index (χ0) is 37.1. The maximum atomic E-state index is 13.4. The number of amides is 1. The molecule has 2 aliphatic heterocycles. The largest absolute Gasteiger partial charge is 0.481 e. The molecule has 274 valence electrons. The molecule has 7 rings (SSSR count). The molecule has 2 aliphatic rings. The van der Waals surface area contributed by atoms with E-state index >= 15 is 0 Å². The van der Waals surface area contributed by atoms with Gasteiger partial charge in [-0.15, -0.1) is 0 Å². The first-order chi connectivity index (χ1) is 25.7. The van der Waals surface area contributed by atoms with Crippen LogP contribution < -0.4 is 26.2 Å². The van der Waals surface area contributed by atoms with Gasteiger partial charge < -0.3 is 25.6 Å². The lowest BCUT2D eigenvalue weighted by Gasteiger charge is -2.31. The number of piperidine rings is 1. The molecule has 53 heavy (non-hydrogen) atoms. The number of likely N-dealkylation sites (tertiary alicyclic amines) is 1. The standard InChI is InChI=1S/C41H43Cl2N7O3/c1-25-10-12-31(47-25)24-44-21-28-11-13-36(48-40(28)53-3)35-9-5-8-34(39(35)43)33-7-4-6-32(38(33)42)27-14-19-50-37(20-27)46-23-29(41(50)52)22-45-30-15-17-49(18-16-30)26(2)51/h4-9,11,13-14,19-20,23,30-31,44-45,47H,1,10,12,15-18,21-22,24H2,2-3H3. The Kier molecular flexibility index (Phi) is 11.1. The summed E-state index contributed by atoms with van der Waals surface area (Å²) in [5, 5.41) is 11.4. The fourth-order valence-electron chi connectivity index (χ4n) is 7.20. The third-order valence-electron chi connectivity index (χ3n) is 10.2. The number of carbonyl (C=O) groups is 1. The zero-order valence-electron chi connectivity index (χ0n) is 29.9. The highest BCUT2D eigenvalue weighted by molar-refractivity contribution is 6.39. The molecule has 0 spiro atoms. The Labute approximate surface area is 319 Å². The topological polar surface area (TPSA) is 113 Å². The number of ether oxygens (including phenoxy) is 1. The zero-order valence-corrected chi connectivity index (χ0v) is 31.4. The molecule has 5 heterocycles. The fourth-order valence-corrected chi connectivity index (χ4v) is 7.86. The Bertz CT molecular complexity index is 2230. The SMILES string of the molecule is C=C1CCC(CNCc2ccc(-c3cccc(-c4cccc(-c5ccn6c(=O)c(CNC7CCN(C(C)=O)CC7)cnc6c5)c4Cl)c3Cl)nc2OC)N1. The van der Waals surface area contributed by atoms with Gasteiger partial charge in [-0.25, -0.2) is 9.97 Å². The minimum Gasteiger partial charge on any atom is -0.481 e. The highest BCUT2D eigenvalue weighted by atomic mass is 35.5. The molecule has 0 radical (unpaired) electrons. The highest BCUT2D eigenvalue weighted by Gasteiger charge is 2.22. The summed E-state index contributed by atoms with van der Waals surface area (Å²) >= 11 is 14.3. The molecule has 2 saturated heterocycles. The van der Waals surface area contributed by atoms with Crippen molar-refractivity contribution in [2.75, 3.05) is 26.7 Å². The van der Waals surface area contributed by atoms with Crippen LogP contribution in [0.4, 0.5) is 0 Å². The first kappa shape index (κ1) is 36.6. The van der Waals surface area contributed by atoms with Crippen LogP contribution in [0.25, 0.3) is 39.2 Å². The van der Waals surface area contributed by atoms with E-state index in [1.165, 1.54) is 0 Å². The average molecular weight is 753 g/mol. The van der Waals surface area contributed by atoms with Crippen LogP contribution in [0.1, 0.15) is 43.7 Å². The molecule has 5 aromatic rings. The van der Waals surface area contributed by atoms with Gasteiger partial charge in [0.25, 0.3) is 5.56 Å². The van der Waals surface area contributed by atoms with Crippen LogP contribution >= 0.6 is 23.2 Å². The number of nitrogens with one attached hydrogen (secondary N) is 3. The van der Waals surface area contributed by atoms with Crippen LogP contribution in [0.3, 0.4) is 0 Å². The molecule has 1 atom stereocenters. The van der Waals surface area contributed by atoms with Crippen molar-refractivity contribution in [1.82, 2.24) is 35.2 Å². The number of methoxy groups -OCH3 is 1. The van der Waals surface area contributed by atoms with E-state index in [1.54, 1.807) is 30.8 Å². The van der Waals surface area contributed by atoms with Crippen molar-refractivity contribution in [1.29, 1.82) is 0 Å². The van der Waals surface area contributed by atoms with Gasteiger partial charge in [-0.3, -0.25) is 14.0 Å². The minimum atomic E-state index is -0.124. The monoisotopic (exact) mass is 751 g/mol. The minimum absolute atomic E-state index is 0.103. The Balaban J connectivity index is 1.09. The summed E-state index contributed by atoms with van der Waals surface area (Å²) in [4.78, 5) is 36.4. The molecule has 10 nitrogen and oxygen atoms in total. The van der Waals surface area contributed by atoms with Crippen molar-refractivity contribution < 1.29 is 9.53 Å². The van der Waals surface area contributed by atoms with Gasteiger partial charge in [0.15, 0.2) is 0 Å². The van der Waals surface area contributed by atoms with E-state index in [9.17, 15) is 9.59 Å². The highest BCUT2D eigenvalue weighted by Crippen LogP contribution is 2.42. The lowest BCUT2D eigenvalue weighted by Crippen LogP contribution is -2.44. The van der Waals surface area contributed by atoms with Crippen LogP contribution in [0.15, 0.2) is 90.1 Å². The Morgan fingerprint density at radius 1 is 0.962 bits per heavy atom. The Hall–Kier alpha value is -4.74. The van der Waals surface area contributed by atoms with Gasteiger partial charge >= 0.3 is 0 Å². The molecule has 3 aromatic heterocycles. The van der Waals surface area contributed by atoms with Gasteiger partial charge in [0.1, 0.15) is 5.65 Å². The molecular weight excluding hydrogens is 709 g/mol. The molecule has 1 amide bonds. The molecule has 2 fully saturated rings. The summed E-state index contributed by atoms with van der Waals surface area (Å²) in [5.41, 5.74) is 7.64. The Morgan fingerprint density at radius 3 is 2.38 bits per heavy atom. The summed E-state index contributed by atoms with van der Waals surface area (Å²) in [6, 6.07) is 20.0. The van der Waals surface area contributed by atoms with Crippen LogP contribution in [0.2, 0.25) is 10.0 Å². The summed E-state index contributed by atoms with van der Waals surface area (Å²) in [6.45, 7) is 8.93. The fraction of sp³-hybridized carbons (Fsp3) is 0.317. The number of nitrogens with zero attached hydrogens (tertiary/aromatic N) is 4. The van der Waals surface area contributed by atoms with Gasteiger partial charge in [-0.2, -0.15) is 0 Å². The van der Waals surface area contributed by atoms with Gasteiger partial charge in [-0.05, 0) is 49.4 Å². The van der Waals surface area contributed by atoms with Crippen molar-refractivity contribution in [2.24, 2.45) is 0 Å². The molecule has 0 aliphatic carbocycles. The van der Waals surface area contributed by atoms with E-state index in [4.69, 9.17) is 32.9 Å².